The van der Waals surface area contributed by atoms with E-state index in [2.05, 4.69) is 44.3 Å². The van der Waals surface area contributed by atoms with Gasteiger partial charge in [-0.3, -0.25) is 0 Å². The average molecular weight is 295 g/mol. The van der Waals surface area contributed by atoms with Crippen LogP contribution in [0.15, 0.2) is 18.2 Å². The fourth-order valence-corrected chi connectivity index (χ4v) is 2.96. The minimum Gasteiger partial charge on any atom is -0.494 e. The molecule has 0 amide bonds. The third kappa shape index (κ3) is 5.76. The van der Waals surface area contributed by atoms with Gasteiger partial charge in [0, 0.05) is 17.4 Å². The van der Waals surface area contributed by atoms with E-state index in [1.807, 2.05) is 18.7 Å². The summed E-state index contributed by atoms with van der Waals surface area (Å²) in [5.74, 6) is 3.29. The molecule has 20 heavy (non-hydrogen) atoms. The van der Waals surface area contributed by atoms with Crippen LogP contribution in [0.5, 0.6) is 5.75 Å². The molecule has 0 fully saturated rings. The molecule has 0 saturated carbocycles. The molecule has 1 aromatic rings. The lowest BCUT2D eigenvalue weighted by molar-refractivity contribution is 0.337. The lowest BCUT2D eigenvalue weighted by Crippen LogP contribution is -2.19. The summed E-state index contributed by atoms with van der Waals surface area (Å²) in [4.78, 5) is 0. The Morgan fingerprint density at radius 2 is 2.00 bits per heavy atom. The first-order valence-corrected chi connectivity index (χ1v) is 8.95. The number of thioether (sulfide) groups is 1. The Morgan fingerprint density at radius 1 is 1.20 bits per heavy atom. The number of rotatable bonds is 10. The van der Waals surface area contributed by atoms with E-state index in [4.69, 9.17) is 4.74 Å². The molecule has 0 bridgehead atoms. The number of hydrogen-bond donors (Lipinski definition) is 1. The van der Waals surface area contributed by atoms with E-state index < -0.39 is 0 Å². The second-order valence-corrected chi connectivity index (χ2v) is 6.13. The van der Waals surface area contributed by atoms with Crippen molar-refractivity contribution >= 4 is 11.8 Å². The predicted octanol–water partition coefficient (Wildman–Crippen LogP) is 4.79. The second-order valence-electron chi connectivity index (χ2n) is 5.03. The van der Waals surface area contributed by atoms with Crippen LogP contribution < -0.4 is 10.1 Å². The van der Waals surface area contributed by atoms with Gasteiger partial charge in [-0.15, -0.1) is 0 Å². The molecule has 1 atom stereocenters. The molecule has 0 radical (unpaired) electrons. The van der Waals surface area contributed by atoms with Gasteiger partial charge in [0.1, 0.15) is 5.75 Å². The summed E-state index contributed by atoms with van der Waals surface area (Å²) in [5.41, 5.74) is 2.68. The Balaban J connectivity index is 2.79. The molecule has 0 aliphatic heterocycles. The van der Waals surface area contributed by atoms with Crippen LogP contribution in [0.3, 0.4) is 0 Å². The summed E-state index contributed by atoms with van der Waals surface area (Å²) < 4.78 is 5.75. The third-order valence-electron chi connectivity index (χ3n) is 3.19. The largest absolute Gasteiger partial charge is 0.494 e. The quantitative estimate of drug-likeness (QED) is 0.627. The lowest BCUT2D eigenvalue weighted by atomic mass is 10.0. The Labute approximate surface area is 128 Å². The smallest absolute Gasteiger partial charge is 0.123 e. The molecule has 0 aliphatic rings. The van der Waals surface area contributed by atoms with Crippen molar-refractivity contribution < 1.29 is 4.74 Å². The third-order valence-corrected chi connectivity index (χ3v) is 4.40. The van der Waals surface area contributed by atoms with Gasteiger partial charge in [0.05, 0.1) is 6.61 Å². The maximum atomic E-state index is 5.75. The molecule has 2 nitrogen and oxygen atoms in total. The van der Waals surface area contributed by atoms with Gasteiger partial charge in [0.2, 0.25) is 0 Å². The van der Waals surface area contributed by atoms with Crippen molar-refractivity contribution in [2.24, 2.45) is 0 Å². The normalized spacial score (nSPS) is 12.4. The van der Waals surface area contributed by atoms with E-state index in [-0.39, 0.29) is 0 Å². The highest BCUT2D eigenvalue weighted by atomic mass is 32.2. The number of hydrogen-bond acceptors (Lipinski definition) is 3. The lowest BCUT2D eigenvalue weighted by Gasteiger charge is -2.17. The Hall–Kier alpha value is -0.670. The molecular formula is C17H29NOS. The minimum absolute atomic E-state index is 0.403. The topological polar surface area (TPSA) is 21.3 Å². The molecule has 0 spiro atoms. The van der Waals surface area contributed by atoms with Gasteiger partial charge in [-0.1, -0.05) is 19.9 Å². The van der Waals surface area contributed by atoms with Crippen molar-refractivity contribution in [1.82, 2.24) is 5.32 Å². The van der Waals surface area contributed by atoms with Crippen LogP contribution in [0.25, 0.3) is 0 Å². The van der Waals surface area contributed by atoms with Gasteiger partial charge in [0.25, 0.3) is 0 Å². The van der Waals surface area contributed by atoms with Crippen LogP contribution in [-0.2, 0) is 5.75 Å². The van der Waals surface area contributed by atoms with E-state index in [1.54, 1.807) is 0 Å². The van der Waals surface area contributed by atoms with Crippen molar-refractivity contribution in [2.45, 2.75) is 52.3 Å². The van der Waals surface area contributed by atoms with Gasteiger partial charge in [0.15, 0.2) is 0 Å². The summed E-state index contributed by atoms with van der Waals surface area (Å²) in [7, 11) is 0. The van der Waals surface area contributed by atoms with Gasteiger partial charge in [-0.25, -0.2) is 0 Å². The summed E-state index contributed by atoms with van der Waals surface area (Å²) >= 11 is 1.98. The molecule has 3 heteroatoms. The van der Waals surface area contributed by atoms with Gasteiger partial charge >= 0.3 is 0 Å². The van der Waals surface area contributed by atoms with Crippen LogP contribution >= 0.6 is 11.8 Å². The van der Waals surface area contributed by atoms with E-state index in [1.165, 1.54) is 29.7 Å². The molecule has 1 rings (SSSR count). The molecule has 0 aromatic heterocycles. The molecule has 0 aliphatic carbocycles. The SMILES string of the molecule is CCCNC(C)c1ccc(OCC)c(CSCCC)c1. The molecule has 0 heterocycles. The standard InChI is InChI=1S/C17H29NOS/c1-5-10-18-14(4)15-8-9-17(19-7-3)16(12-15)13-20-11-6-2/h8-9,12,14,18H,5-7,10-11,13H2,1-4H3. The van der Waals surface area contributed by atoms with Crippen LogP contribution in [0.4, 0.5) is 0 Å². The minimum atomic E-state index is 0.403. The fourth-order valence-electron chi connectivity index (χ4n) is 2.08. The zero-order valence-electron chi connectivity index (χ0n) is 13.4. The first-order chi connectivity index (χ1) is 9.72. The molecule has 0 saturated heterocycles. The van der Waals surface area contributed by atoms with Gasteiger partial charge in [-0.2, -0.15) is 11.8 Å². The van der Waals surface area contributed by atoms with E-state index >= 15 is 0 Å². The van der Waals surface area contributed by atoms with E-state index in [0.717, 1.165) is 24.7 Å². The Morgan fingerprint density at radius 3 is 2.65 bits per heavy atom. The van der Waals surface area contributed by atoms with E-state index in [9.17, 15) is 0 Å². The summed E-state index contributed by atoms with van der Waals surface area (Å²) in [6, 6.07) is 7.03. The van der Waals surface area contributed by atoms with Crippen LogP contribution in [-0.4, -0.2) is 18.9 Å². The molecule has 1 unspecified atom stereocenters. The van der Waals surface area contributed by atoms with Crippen LogP contribution in [0, 0.1) is 0 Å². The summed E-state index contributed by atoms with van der Waals surface area (Å²) in [6.07, 6.45) is 2.39. The monoisotopic (exact) mass is 295 g/mol. The maximum absolute atomic E-state index is 5.75. The molecule has 1 aromatic carbocycles. The van der Waals surface area contributed by atoms with Crippen LogP contribution in [0.1, 0.15) is 57.7 Å². The highest BCUT2D eigenvalue weighted by Gasteiger charge is 2.09. The molecule has 1 N–H and O–H groups in total. The zero-order valence-corrected chi connectivity index (χ0v) is 14.2. The zero-order chi connectivity index (χ0) is 14.8. The predicted molar refractivity (Wildman–Crippen MR) is 90.8 cm³/mol. The molecule has 114 valence electrons. The first-order valence-electron chi connectivity index (χ1n) is 7.79. The van der Waals surface area contributed by atoms with Crippen molar-refractivity contribution in [3.63, 3.8) is 0 Å². The number of benzene rings is 1. The summed E-state index contributed by atoms with van der Waals surface area (Å²) in [5, 5.41) is 3.55. The number of ether oxygens (including phenoxy) is 1. The van der Waals surface area contributed by atoms with E-state index in [0.29, 0.717) is 6.04 Å². The highest BCUT2D eigenvalue weighted by molar-refractivity contribution is 7.98. The Bertz CT molecular complexity index is 381. The van der Waals surface area contributed by atoms with Gasteiger partial charge in [-0.05, 0) is 56.7 Å². The fraction of sp³-hybridized carbons (Fsp3) is 0.647. The van der Waals surface area contributed by atoms with Crippen molar-refractivity contribution in [2.75, 3.05) is 18.9 Å². The van der Waals surface area contributed by atoms with Crippen LogP contribution in [0.2, 0.25) is 0 Å². The van der Waals surface area contributed by atoms with Crippen molar-refractivity contribution in [3.8, 4) is 5.75 Å². The maximum Gasteiger partial charge on any atom is 0.123 e. The summed E-state index contributed by atoms with van der Waals surface area (Å²) in [6.45, 7) is 10.5. The van der Waals surface area contributed by atoms with Crippen molar-refractivity contribution in [3.05, 3.63) is 29.3 Å². The molecular weight excluding hydrogens is 266 g/mol. The second kappa shape index (κ2) is 10.1. The average Bonchev–Trinajstić information content (AvgIpc) is 2.46. The first kappa shape index (κ1) is 17.4. The Kier molecular flexibility index (Phi) is 8.79. The number of nitrogens with one attached hydrogen (secondary N) is 1. The van der Waals surface area contributed by atoms with Crippen molar-refractivity contribution in [1.29, 1.82) is 0 Å². The van der Waals surface area contributed by atoms with Gasteiger partial charge < -0.3 is 10.1 Å². The highest BCUT2D eigenvalue weighted by Crippen LogP contribution is 2.27.